The van der Waals surface area contributed by atoms with Crippen molar-refractivity contribution in [1.29, 1.82) is 0 Å². The summed E-state index contributed by atoms with van der Waals surface area (Å²) in [4.78, 5) is 1.15. The van der Waals surface area contributed by atoms with E-state index in [1.165, 1.54) is 0 Å². The Kier molecular flexibility index (Phi) is 3.03. The zero-order valence-electron chi connectivity index (χ0n) is 9.61. The van der Waals surface area contributed by atoms with Crippen molar-refractivity contribution in [3.05, 3.63) is 23.1 Å². The fourth-order valence-electron chi connectivity index (χ4n) is 1.66. The standard InChI is InChI=1S/C12H15NO2S/c1-7(13)10-6-8-4-5-9(14-2)11(15-3)12(8)16-10/h4-7H,13H2,1-3H3. The highest BCUT2D eigenvalue weighted by molar-refractivity contribution is 7.19. The third-order valence-electron chi connectivity index (χ3n) is 2.50. The minimum atomic E-state index is 0.0492. The molecule has 0 amide bonds. The third-order valence-corrected chi connectivity index (χ3v) is 3.85. The van der Waals surface area contributed by atoms with Gasteiger partial charge in [-0.05, 0) is 30.5 Å². The summed E-state index contributed by atoms with van der Waals surface area (Å²) >= 11 is 1.66. The molecule has 2 N–H and O–H groups in total. The lowest BCUT2D eigenvalue weighted by atomic mass is 10.2. The van der Waals surface area contributed by atoms with Gasteiger partial charge in [-0.25, -0.2) is 0 Å². The maximum absolute atomic E-state index is 5.88. The first-order chi connectivity index (χ1) is 7.67. The lowest BCUT2D eigenvalue weighted by molar-refractivity contribution is 0.359. The topological polar surface area (TPSA) is 44.5 Å². The van der Waals surface area contributed by atoms with E-state index < -0.39 is 0 Å². The predicted octanol–water partition coefficient (Wildman–Crippen LogP) is 2.94. The molecule has 3 nitrogen and oxygen atoms in total. The van der Waals surface area contributed by atoms with Crippen LogP contribution in [0.3, 0.4) is 0 Å². The first kappa shape index (κ1) is 11.2. The van der Waals surface area contributed by atoms with Crippen LogP contribution in [-0.2, 0) is 0 Å². The van der Waals surface area contributed by atoms with Gasteiger partial charge in [-0.2, -0.15) is 0 Å². The Morgan fingerprint density at radius 2 is 2.00 bits per heavy atom. The molecule has 1 heterocycles. The second-order valence-corrected chi connectivity index (χ2v) is 4.74. The number of methoxy groups -OCH3 is 2. The van der Waals surface area contributed by atoms with E-state index >= 15 is 0 Å². The molecule has 0 saturated carbocycles. The van der Waals surface area contributed by atoms with Gasteiger partial charge in [0.05, 0.1) is 18.9 Å². The van der Waals surface area contributed by atoms with E-state index in [-0.39, 0.29) is 6.04 Å². The van der Waals surface area contributed by atoms with Gasteiger partial charge in [-0.3, -0.25) is 0 Å². The molecule has 4 heteroatoms. The van der Waals surface area contributed by atoms with Gasteiger partial charge in [0.2, 0.25) is 0 Å². The van der Waals surface area contributed by atoms with Crippen LogP contribution in [0.1, 0.15) is 17.8 Å². The number of benzene rings is 1. The Labute approximate surface area is 98.8 Å². The van der Waals surface area contributed by atoms with Crippen molar-refractivity contribution in [2.45, 2.75) is 13.0 Å². The van der Waals surface area contributed by atoms with E-state index in [1.807, 2.05) is 19.1 Å². The molecule has 0 aliphatic rings. The van der Waals surface area contributed by atoms with Crippen molar-refractivity contribution in [3.8, 4) is 11.5 Å². The van der Waals surface area contributed by atoms with Crippen LogP contribution in [0.15, 0.2) is 18.2 Å². The first-order valence-corrected chi connectivity index (χ1v) is 5.89. The van der Waals surface area contributed by atoms with E-state index in [2.05, 4.69) is 6.07 Å². The van der Waals surface area contributed by atoms with Crippen molar-refractivity contribution >= 4 is 21.4 Å². The smallest absolute Gasteiger partial charge is 0.178 e. The zero-order valence-corrected chi connectivity index (χ0v) is 10.4. The predicted molar refractivity (Wildman–Crippen MR) is 67.5 cm³/mol. The molecule has 0 saturated heterocycles. The molecule has 0 fully saturated rings. The highest BCUT2D eigenvalue weighted by Crippen LogP contribution is 2.41. The summed E-state index contributed by atoms with van der Waals surface area (Å²) in [6.07, 6.45) is 0. The van der Waals surface area contributed by atoms with Gasteiger partial charge in [0, 0.05) is 10.9 Å². The minimum absolute atomic E-state index is 0.0492. The highest BCUT2D eigenvalue weighted by Gasteiger charge is 2.13. The van der Waals surface area contributed by atoms with E-state index in [1.54, 1.807) is 25.6 Å². The van der Waals surface area contributed by atoms with Gasteiger partial charge in [0.25, 0.3) is 0 Å². The van der Waals surface area contributed by atoms with Crippen LogP contribution in [0.25, 0.3) is 10.1 Å². The molecule has 16 heavy (non-hydrogen) atoms. The summed E-state index contributed by atoms with van der Waals surface area (Å²) in [5, 5.41) is 1.15. The molecule has 1 aromatic heterocycles. The summed E-state index contributed by atoms with van der Waals surface area (Å²) in [5.74, 6) is 1.55. The van der Waals surface area contributed by atoms with Crippen molar-refractivity contribution in [1.82, 2.24) is 0 Å². The Morgan fingerprint density at radius 3 is 2.56 bits per heavy atom. The molecule has 0 aliphatic heterocycles. The number of fused-ring (bicyclic) bond motifs is 1. The fourth-order valence-corrected chi connectivity index (χ4v) is 2.79. The molecule has 1 atom stereocenters. The molecule has 86 valence electrons. The van der Waals surface area contributed by atoms with Crippen molar-refractivity contribution in [2.75, 3.05) is 14.2 Å². The second kappa shape index (κ2) is 4.31. The number of thiophene rings is 1. The summed E-state index contributed by atoms with van der Waals surface area (Å²) in [6.45, 7) is 1.98. The number of hydrogen-bond acceptors (Lipinski definition) is 4. The van der Waals surface area contributed by atoms with Crippen LogP contribution in [0.2, 0.25) is 0 Å². The van der Waals surface area contributed by atoms with Crippen molar-refractivity contribution in [3.63, 3.8) is 0 Å². The molecule has 1 aromatic carbocycles. The van der Waals surface area contributed by atoms with Crippen molar-refractivity contribution < 1.29 is 9.47 Å². The summed E-state index contributed by atoms with van der Waals surface area (Å²) < 4.78 is 11.7. The lowest BCUT2D eigenvalue weighted by Crippen LogP contribution is -2.01. The van der Waals surface area contributed by atoms with E-state index in [9.17, 15) is 0 Å². The average molecular weight is 237 g/mol. The van der Waals surface area contributed by atoms with Gasteiger partial charge in [0.15, 0.2) is 11.5 Å². The van der Waals surface area contributed by atoms with Crippen LogP contribution in [0, 0.1) is 0 Å². The van der Waals surface area contributed by atoms with Crippen molar-refractivity contribution in [2.24, 2.45) is 5.73 Å². The monoisotopic (exact) mass is 237 g/mol. The maximum Gasteiger partial charge on any atom is 0.178 e. The fraction of sp³-hybridized carbons (Fsp3) is 0.333. The number of ether oxygens (including phenoxy) is 2. The SMILES string of the molecule is COc1ccc2cc(C(C)N)sc2c1OC. The van der Waals surface area contributed by atoms with Crippen LogP contribution < -0.4 is 15.2 Å². The van der Waals surface area contributed by atoms with Gasteiger partial charge in [0.1, 0.15) is 0 Å². The molecule has 0 spiro atoms. The van der Waals surface area contributed by atoms with Crippen LogP contribution in [0.4, 0.5) is 0 Å². The summed E-state index contributed by atoms with van der Waals surface area (Å²) in [7, 11) is 3.30. The summed E-state index contributed by atoms with van der Waals surface area (Å²) in [5.41, 5.74) is 5.88. The molecular weight excluding hydrogens is 222 g/mol. The zero-order chi connectivity index (χ0) is 11.7. The van der Waals surface area contributed by atoms with Gasteiger partial charge < -0.3 is 15.2 Å². The number of rotatable bonds is 3. The molecule has 2 aromatic rings. The molecule has 0 aliphatic carbocycles. The molecular formula is C12H15NO2S. The van der Waals surface area contributed by atoms with Gasteiger partial charge in [-0.15, -0.1) is 11.3 Å². The molecule has 1 unspecified atom stereocenters. The minimum Gasteiger partial charge on any atom is -0.493 e. The van der Waals surface area contributed by atoms with Crippen LogP contribution in [-0.4, -0.2) is 14.2 Å². The second-order valence-electron chi connectivity index (χ2n) is 3.66. The summed E-state index contributed by atoms with van der Waals surface area (Å²) in [6, 6.07) is 6.10. The average Bonchev–Trinajstić information content (AvgIpc) is 2.71. The van der Waals surface area contributed by atoms with Crippen LogP contribution >= 0.6 is 11.3 Å². The molecule has 2 rings (SSSR count). The molecule has 0 radical (unpaired) electrons. The third kappa shape index (κ3) is 1.74. The highest BCUT2D eigenvalue weighted by atomic mass is 32.1. The van der Waals surface area contributed by atoms with Gasteiger partial charge >= 0.3 is 0 Å². The largest absolute Gasteiger partial charge is 0.493 e. The normalized spacial score (nSPS) is 12.8. The Balaban J connectivity index is 2.67. The van der Waals surface area contributed by atoms with E-state index in [4.69, 9.17) is 15.2 Å². The Bertz CT molecular complexity index is 505. The Morgan fingerprint density at radius 1 is 1.25 bits per heavy atom. The quantitative estimate of drug-likeness (QED) is 0.892. The van der Waals surface area contributed by atoms with E-state index in [0.29, 0.717) is 0 Å². The lowest BCUT2D eigenvalue weighted by Gasteiger charge is -2.07. The van der Waals surface area contributed by atoms with Crippen LogP contribution in [0.5, 0.6) is 11.5 Å². The first-order valence-electron chi connectivity index (χ1n) is 5.07. The Hall–Kier alpha value is -1.26. The van der Waals surface area contributed by atoms with E-state index in [0.717, 1.165) is 26.5 Å². The maximum atomic E-state index is 5.88. The molecule has 0 bridgehead atoms. The number of nitrogens with two attached hydrogens (primary N) is 1. The van der Waals surface area contributed by atoms with Gasteiger partial charge in [-0.1, -0.05) is 0 Å². The number of hydrogen-bond donors (Lipinski definition) is 1.